The maximum atomic E-state index is 12.8. The third-order valence-electron chi connectivity index (χ3n) is 4.18. The first-order chi connectivity index (χ1) is 14.5. The molecule has 0 aromatic heterocycles. The van der Waals surface area contributed by atoms with Crippen LogP contribution in [0.1, 0.15) is 39.2 Å². The molecule has 1 unspecified atom stereocenters. The van der Waals surface area contributed by atoms with Crippen molar-refractivity contribution in [3.63, 3.8) is 0 Å². The number of ether oxygens (including phenoxy) is 3. The topological polar surface area (TPSA) is 114 Å². The van der Waals surface area contributed by atoms with Crippen LogP contribution in [0.15, 0.2) is 30.9 Å². The highest BCUT2D eigenvalue weighted by molar-refractivity contribution is 5.83. The molecule has 0 aliphatic heterocycles. The van der Waals surface area contributed by atoms with Gasteiger partial charge in [-0.05, 0) is 39.3 Å². The first-order valence-corrected chi connectivity index (χ1v) is 9.82. The molecule has 1 aromatic rings. The molecule has 9 heteroatoms. The van der Waals surface area contributed by atoms with Gasteiger partial charge in [-0.15, -0.1) is 6.58 Å². The van der Waals surface area contributed by atoms with E-state index in [0.717, 1.165) is 0 Å². The maximum Gasteiger partial charge on any atom is 0.408 e. The van der Waals surface area contributed by atoms with Gasteiger partial charge in [-0.3, -0.25) is 4.79 Å². The predicted molar refractivity (Wildman–Crippen MR) is 115 cm³/mol. The van der Waals surface area contributed by atoms with Gasteiger partial charge in [0.15, 0.2) is 0 Å². The third-order valence-corrected chi connectivity index (χ3v) is 4.18. The summed E-state index contributed by atoms with van der Waals surface area (Å²) in [4.78, 5) is 38.3. The van der Waals surface area contributed by atoms with Crippen LogP contribution in [-0.2, 0) is 25.6 Å². The van der Waals surface area contributed by atoms with Crippen molar-refractivity contribution in [2.45, 2.75) is 51.8 Å². The second-order valence-electron chi connectivity index (χ2n) is 7.82. The lowest BCUT2D eigenvalue weighted by Gasteiger charge is -2.24. The Balaban J connectivity index is 2.83. The average Bonchev–Trinajstić information content (AvgIpc) is 2.69. The number of benzene rings is 1. The molecule has 9 nitrogen and oxygen atoms in total. The van der Waals surface area contributed by atoms with Gasteiger partial charge in [0.25, 0.3) is 0 Å². The molecule has 0 heterocycles. The molecule has 0 aliphatic carbocycles. The van der Waals surface area contributed by atoms with Crippen molar-refractivity contribution in [3.05, 3.63) is 36.4 Å². The molecule has 0 radical (unpaired) electrons. The molecular formula is C22H32N2O7. The Bertz CT molecular complexity index is 787. The van der Waals surface area contributed by atoms with Gasteiger partial charge in [0, 0.05) is 31.1 Å². The molecule has 0 saturated carbocycles. The number of phenolic OH excluding ortho intramolecular Hbond substituents is 1. The Kier molecular flexibility index (Phi) is 9.85. The number of hydrogen-bond donors (Lipinski definition) is 2. The van der Waals surface area contributed by atoms with Gasteiger partial charge in [0.05, 0.1) is 14.2 Å². The standard InChI is InChI=1S/C22H32N2O7/c1-7-12-24(14-15-8-9-16(29-5)13-18(15)25)19(26)11-10-17(20(27)30-6)23-21(28)31-22(2,3)4/h7-9,13,17,25H,1,10-12,14H2,2-6H3,(H,23,28). The van der Waals surface area contributed by atoms with E-state index in [1.165, 1.54) is 25.2 Å². The van der Waals surface area contributed by atoms with Gasteiger partial charge in [-0.2, -0.15) is 0 Å². The number of hydrogen-bond acceptors (Lipinski definition) is 7. The van der Waals surface area contributed by atoms with Crippen LogP contribution in [-0.4, -0.2) is 60.4 Å². The molecular weight excluding hydrogens is 404 g/mol. The lowest BCUT2D eigenvalue weighted by atomic mass is 10.1. The summed E-state index contributed by atoms with van der Waals surface area (Å²) in [5.74, 6) is -0.464. The van der Waals surface area contributed by atoms with E-state index in [0.29, 0.717) is 11.3 Å². The number of nitrogens with zero attached hydrogens (tertiary/aromatic N) is 1. The van der Waals surface area contributed by atoms with E-state index in [2.05, 4.69) is 11.9 Å². The third kappa shape index (κ3) is 8.98. The SMILES string of the molecule is C=CCN(Cc1ccc(OC)cc1O)C(=O)CCC(NC(=O)OC(C)(C)C)C(=O)OC. The second-order valence-corrected chi connectivity index (χ2v) is 7.82. The Morgan fingerprint density at radius 3 is 2.45 bits per heavy atom. The van der Waals surface area contributed by atoms with Crippen LogP contribution in [0.3, 0.4) is 0 Å². The van der Waals surface area contributed by atoms with E-state index >= 15 is 0 Å². The zero-order valence-corrected chi connectivity index (χ0v) is 18.8. The molecule has 0 spiro atoms. The van der Waals surface area contributed by atoms with Crippen molar-refractivity contribution in [1.29, 1.82) is 0 Å². The fraction of sp³-hybridized carbons (Fsp3) is 0.500. The van der Waals surface area contributed by atoms with Crippen molar-refractivity contribution in [2.75, 3.05) is 20.8 Å². The Labute approximate surface area is 183 Å². The highest BCUT2D eigenvalue weighted by Gasteiger charge is 2.26. The predicted octanol–water partition coefficient (Wildman–Crippen LogP) is 2.76. The van der Waals surface area contributed by atoms with Gasteiger partial charge in [-0.25, -0.2) is 9.59 Å². The quantitative estimate of drug-likeness (QED) is 0.428. The number of rotatable bonds is 10. The lowest BCUT2D eigenvalue weighted by Crippen LogP contribution is -2.44. The Morgan fingerprint density at radius 2 is 1.94 bits per heavy atom. The smallest absolute Gasteiger partial charge is 0.408 e. The molecule has 1 rings (SSSR count). The highest BCUT2D eigenvalue weighted by atomic mass is 16.6. The van der Waals surface area contributed by atoms with Gasteiger partial charge in [-0.1, -0.05) is 6.08 Å². The van der Waals surface area contributed by atoms with Crippen LogP contribution in [0.4, 0.5) is 4.79 Å². The molecule has 0 saturated heterocycles. The Morgan fingerprint density at radius 1 is 1.26 bits per heavy atom. The fourth-order valence-corrected chi connectivity index (χ4v) is 2.69. The Hall–Kier alpha value is -3.23. The maximum absolute atomic E-state index is 12.8. The minimum absolute atomic E-state index is 0.000224. The summed E-state index contributed by atoms with van der Waals surface area (Å²) in [6.07, 6.45) is 0.768. The van der Waals surface area contributed by atoms with Crippen LogP contribution in [0.2, 0.25) is 0 Å². The number of phenols is 1. The highest BCUT2D eigenvalue weighted by Crippen LogP contribution is 2.25. The monoisotopic (exact) mass is 436 g/mol. The number of carbonyl (C=O) groups excluding carboxylic acids is 3. The minimum Gasteiger partial charge on any atom is -0.507 e. The van der Waals surface area contributed by atoms with Crippen LogP contribution in [0, 0.1) is 0 Å². The van der Waals surface area contributed by atoms with Crippen LogP contribution < -0.4 is 10.1 Å². The van der Waals surface area contributed by atoms with Crippen molar-refractivity contribution < 1.29 is 33.7 Å². The zero-order valence-electron chi connectivity index (χ0n) is 18.8. The average molecular weight is 437 g/mol. The van der Waals surface area contributed by atoms with Gasteiger partial charge in [0.1, 0.15) is 23.1 Å². The van der Waals surface area contributed by atoms with Crippen molar-refractivity contribution in [2.24, 2.45) is 0 Å². The van der Waals surface area contributed by atoms with E-state index in [1.807, 2.05) is 0 Å². The van der Waals surface area contributed by atoms with E-state index in [1.54, 1.807) is 39.0 Å². The summed E-state index contributed by atoms with van der Waals surface area (Å²) in [6, 6.07) is 3.77. The largest absolute Gasteiger partial charge is 0.507 e. The first-order valence-electron chi connectivity index (χ1n) is 9.82. The number of esters is 1. The fourth-order valence-electron chi connectivity index (χ4n) is 2.69. The molecule has 1 atom stereocenters. The summed E-state index contributed by atoms with van der Waals surface area (Å²) < 4.78 is 14.9. The van der Waals surface area contributed by atoms with Crippen molar-refractivity contribution in [3.8, 4) is 11.5 Å². The number of alkyl carbamates (subject to hydrolysis) is 1. The number of aromatic hydroxyl groups is 1. The zero-order chi connectivity index (χ0) is 23.6. The van der Waals surface area contributed by atoms with Crippen LogP contribution in [0.25, 0.3) is 0 Å². The summed E-state index contributed by atoms with van der Waals surface area (Å²) in [6.45, 7) is 9.14. The molecule has 31 heavy (non-hydrogen) atoms. The molecule has 2 N–H and O–H groups in total. The number of carbonyl (C=O) groups is 3. The van der Waals surface area contributed by atoms with Gasteiger partial charge in [0.2, 0.25) is 5.91 Å². The van der Waals surface area contributed by atoms with Crippen molar-refractivity contribution >= 4 is 18.0 Å². The van der Waals surface area contributed by atoms with Gasteiger partial charge < -0.3 is 29.5 Å². The van der Waals surface area contributed by atoms with Crippen LogP contribution >= 0.6 is 0 Å². The summed E-state index contributed by atoms with van der Waals surface area (Å²) in [7, 11) is 2.69. The molecule has 2 amide bonds. The van der Waals surface area contributed by atoms with E-state index in [9.17, 15) is 19.5 Å². The molecule has 0 aliphatic rings. The van der Waals surface area contributed by atoms with E-state index < -0.39 is 23.7 Å². The summed E-state index contributed by atoms with van der Waals surface area (Å²) >= 11 is 0. The van der Waals surface area contributed by atoms with Gasteiger partial charge >= 0.3 is 12.1 Å². The number of methoxy groups -OCH3 is 2. The second kappa shape index (κ2) is 11.8. The molecule has 0 fully saturated rings. The number of nitrogens with one attached hydrogen (secondary N) is 1. The summed E-state index contributed by atoms with van der Waals surface area (Å²) in [5.41, 5.74) is -0.200. The molecule has 172 valence electrons. The first kappa shape index (κ1) is 25.8. The van der Waals surface area contributed by atoms with Crippen LogP contribution in [0.5, 0.6) is 11.5 Å². The normalized spacial score (nSPS) is 11.8. The van der Waals surface area contributed by atoms with E-state index in [-0.39, 0.29) is 37.6 Å². The molecule has 1 aromatic carbocycles. The molecule has 0 bridgehead atoms. The van der Waals surface area contributed by atoms with E-state index in [4.69, 9.17) is 14.2 Å². The number of amides is 2. The lowest BCUT2D eigenvalue weighted by molar-refractivity contribution is -0.143. The minimum atomic E-state index is -1.04. The van der Waals surface area contributed by atoms with Crippen molar-refractivity contribution in [1.82, 2.24) is 10.2 Å². The summed E-state index contributed by atoms with van der Waals surface area (Å²) in [5, 5.41) is 12.6.